The number of likely N-dealkylation sites (tertiary alicyclic amines) is 1. The topological polar surface area (TPSA) is 174 Å². The number of esters is 1. The molecule has 0 aliphatic carbocycles. The summed E-state index contributed by atoms with van der Waals surface area (Å²) in [4.78, 5) is 35.6. The first-order chi connectivity index (χ1) is 17.6. The van der Waals surface area contributed by atoms with Gasteiger partial charge in [0, 0.05) is 25.9 Å². The van der Waals surface area contributed by atoms with Crippen molar-refractivity contribution in [3.63, 3.8) is 0 Å². The molecule has 202 valence electrons. The van der Waals surface area contributed by atoms with Crippen molar-refractivity contribution < 1.29 is 22.9 Å². The lowest BCUT2D eigenvalue weighted by molar-refractivity contribution is -0.383. The fourth-order valence-corrected chi connectivity index (χ4v) is 4.57. The number of aromatic nitrogens is 2. The van der Waals surface area contributed by atoms with E-state index in [1.54, 1.807) is 6.92 Å². The maximum atomic E-state index is 12.5. The number of rotatable bonds is 13. The summed E-state index contributed by atoms with van der Waals surface area (Å²) >= 11 is 0. The van der Waals surface area contributed by atoms with Gasteiger partial charge in [-0.25, -0.2) is 8.42 Å². The van der Waals surface area contributed by atoms with Crippen LogP contribution in [-0.4, -0.2) is 79.0 Å². The maximum Gasteiger partial charge on any atom is 0.353 e. The number of carbonyl (C=O) groups excluding carboxylic acids is 1. The molecule has 1 aromatic carbocycles. The van der Waals surface area contributed by atoms with Gasteiger partial charge in [-0.2, -0.15) is 9.97 Å². The largest absolute Gasteiger partial charge is 0.465 e. The van der Waals surface area contributed by atoms with Crippen LogP contribution in [0.2, 0.25) is 0 Å². The Morgan fingerprint density at radius 1 is 1.27 bits per heavy atom. The third-order valence-electron chi connectivity index (χ3n) is 5.73. The molecule has 1 fully saturated rings. The quantitative estimate of drug-likeness (QED) is 0.216. The smallest absolute Gasteiger partial charge is 0.353 e. The molecule has 37 heavy (non-hydrogen) atoms. The van der Waals surface area contributed by atoms with E-state index in [2.05, 4.69) is 20.2 Å². The number of nitro groups is 1. The molecular weight excluding hydrogens is 502 g/mol. The van der Waals surface area contributed by atoms with E-state index in [1.807, 2.05) is 24.3 Å². The molecule has 0 atom stereocenters. The van der Waals surface area contributed by atoms with Crippen molar-refractivity contribution in [1.29, 1.82) is 0 Å². The SMILES string of the molecule is CCOC(=O)CN(Cc1cccc(CN2CCCC2)c1)c1nc(NCCS(C)(=O)=O)nc(N)c1[N+](=O)[O-]. The zero-order chi connectivity index (χ0) is 27.0. The Hall–Kier alpha value is -3.52. The van der Waals surface area contributed by atoms with Crippen molar-refractivity contribution in [2.75, 3.05) is 60.7 Å². The summed E-state index contributed by atoms with van der Waals surface area (Å²) in [7, 11) is -3.26. The fraction of sp³-hybridized carbons (Fsp3) is 0.522. The van der Waals surface area contributed by atoms with E-state index in [0.717, 1.165) is 37.0 Å². The van der Waals surface area contributed by atoms with Crippen molar-refractivity contribution in [2.24, 2.45) is 0 Å². The Morgan fingerprint density at radius 2 is 1.97 bits per heavy atom. The van der Waals surface area contributed by atoms with Gasteiger partial charge in [0.2, 0.25) is 17.6 Å². The number of nitrogen functional groups attached to an aromatic ring is 1. The number of hydrogen-bond donors (Lipinski definition) is 2. The van der Waals surface area contributed by atoms with Crippen LogP contribution in [0.3, 0.4) is 0 Å². The van der Waals surface area contributed by atoms with Gasteiger partial charge in [0.1, 0.15) is 16.4 Å². The Kier molecular flexibility index (Phi) is 9.58. The monoisotopic (exact) mass is 535 g/mol. The normalized spacial score (nSPS) is 13.9. The lowest BCUT2D eigenvalue weighted by Crippen LogP contribution is -2.32. The van der Waals surface area contributed by atoms with Gasteiger partial charge < -0.3 is 20.7 Å². The van der Waals surface area contributed by atoms with Crippen molar-refractivity contribution in [3.8, 4) is 0 Å². The van der Waals surface area contributed by atoms with Crippen LogP contribution in [0.25, 0.3) is 0 Å². The summed E-state index contributed by atoms with van der Waals surface area (Å²) in [6.07, 6.45) is 3.43. The van der Waals surface area contributed by atoms with Gasteiger partial charge in [-0.05, 0) is 44.0 Å². The van der Waals surface area contributed by atoms with E-state index >= 15 is 0 Å². The summed E-state index contributed by atoms with van der Waals surface area (Å²) in [5.41, 5.74) is 7.28. The molecule has 0 bridgehead atoms. The first kappa shape index (κ1) is 28.1. The molecule has 1 aliphatic heterocycles. The van der Waals surface area contributed by atoms with E-state index < -0.39 is 32.2 Å². The second-order valence-electron chi connectivity index (χ2n) is 8.88. The van der Waals surface area contributed by atoms with Crippen LogP contribution in [0.1, 0.15) is 30.9 Å². The highest BCUT2D eigenvalue weighted by Gasteiger charge is 2.29. The minimum absolute atomic E-state index is 0.0219. The summed E-state index contributed by atoms with van der Waals surface area (Å²) in [6.45, 7) is 4.47. The minimum atomic E-state index is -3.26. The molecule has 3 rings (SSSR count). The highest BCUT2D eigenvalue weighted by molar-refractivity contribution is 7.90. The van der Waals surface area contributed by atoms with Crippen molar-refractivity contribution >= 4 is 39.1 Å². The highest BCUT2D eigenvalue weighted by atomic mass is 32.2. The third-order valence-corrected chi connectivity index (χ3v) is 6.67. The molecule has 0 radical (unpaired) electrons. The van der Waals surface area contributed by atoms with Gasteiger partial charge in [-0.3, -0.25) is 19.8 Å². The van der Waals surface area contributed by atoms with Gasteiger partial charge >= 0.3 is 11.7 Å². The van der Waals surface area contributed by atoms with Crippen LogP contribution in [0.15, 0.2) is 24.3 Å². The number of nitrogens with zero attached hydrogens (tertiary/aromatic N) is 5. The summed E-state index contributed by atoms with van der Waals surface area (Å²) in [5, 5.41) is 14.7. The first-order valence-corrected chi connectivity index (χ1v) is 14.1. The maximum absolute atomic E-state index is 12.5. The molecule has 0 saturated carbocycles. The van der Waals surface area contributed by atoms with Gasteiger partial charge in [0.15, 0.2) is 0 Å². The van der Waals surface area contributed by atoms with E-state index in [-0.39, 0.29) is 43.8 Å². The number of sulfone groups is 1. The standard InChI is InChI=1S/C23H33N7O6S/c1-3-36-19(31)16-29(15-18-8-6-7-17(13-18)14-28-10-4-5-11-28)22-20(30(32)33)21(24)26-23(27-22)25-9-12-37(2,34)35/h6-8,13H,3-5,9-12,14-16H2,1-2H3,(H3,24,25,26,27). The lowest BCUT2D eigenvalue weighted by Gasteiger charge is -2.24. The fourth-order valence-electron chi connectivity index (χ4n) is 4.10. The summed E-state index contributed by atoms with van der Waals surface area (Å²) < 4.78 is 28.0. The molecule has 1 aliphatic rings. The average molecular weight is 536 g/mol. The van der Waals surface area contributed by atoms with Gasteiger partial charge in [-0.1, -0.05) is 24.3 Å². The number of hydrogen-bond acceptors (Lipinski definition) is 12. The minimum Gasteiger partial charge on any atom is -0.465 e. The Balaban J connectivity index is 1.94. The van der Waals surface area contributed by atoms with Gasteiger partial charge in [0.05, 0.1) is 17.3 Å². The van der Waals surface area contributed by atoms with Crippen LogP contribution < -0.4 is 16.0 Å². The van der Waals surface area contributed by atoms with Crippen molar-refractivity contribution in [3.05, 3.63) is 45.5 Å². The van der Waals surface area contributed by atoms with E-state index in [9.17, 15) is 23.3 Å². The predicted molar refractivity (Wildman–Crippen MR) is 140 cm³/mol. The molecule has 2 heterocycles. The lowest BCUT2D eigenvalue weighted by atomic mass is 10.1. The number of benzene rings is 1. The molecule has 3 N–H and O–H groups in total. The predicted octanol–water partition coefficient (Wildman–Crippen LogP) is 1.59. The van der Waals surface area contributed by atoms with Crippen LogP contribution in [0, 0.1) is 10.1 Å². The van der Waals surface area contributed by atoms with Crippen LogP contribution in [0.5, 0.6) is 0 Å². The number of nitrogens with one attached hydrogen (secondary N) is 1. The van der Waals surface area contributed by atoms with E-state index in [0.29, 0.717) is 0 Å². The summed E-state index contributed by atoms with van der Waals surface area (Å²) in [5.74, 6) is -1.45. The number of nitrogens with two attached hydrogens (primary N) is 1. The third kappa shape index (κ3) is 8.53. The molecule has 0 spiro atoms. The number of ether oxygens (including phenoxy) is 1. The number of anilines is 3. The van der Waals surface area contributed by atoms with Gasteiger partial charge in [-0.15, -0.1) is 0 Å². The Bertz CT molecular complexity index is 1220. The second kappa shape index (κ2) is 12.6. The van der Waals surface area contributed by atoms with Crippen LogP contribution >= 0.6 is 0 Å². The molecule has 0 amide bonds. The second-order valence-corrected chi connectivity index (χ2v) is 11.1. The molecular formula is C23H33N7O6S. The zero-order valence-electron chi connectivity index (χ0n) is 21.1. The molecule has 0 unspecified atom stereocenters. The van der Waals surface area contributed by atoms with Crippen molar-refractivity contribution in [2.45, 2.75) is 32.9 Å². The van der Waals surface area contributed by atoms with E-state index in [4.69, 9.17) is 10.5 Å². The van der Waals surface area contributed by atoms with Gasteiger partial charge in [0.25, 0.3) is 0 Å². The molecule has 13 nitrogen and oxygen atoms in total. The first-order valence-electron chi connectivity index (χ1n) is 12.0. The van der Waals surface area contributed by atoms with E-state index in [1.165, 1.54) is 17.7 Å². The number of carbonyl (C=O) groups is 1. The Labute approximate surface area is 216 Å². The Morgan fingerprint density at radius 3 is 2.62 bits per heavy atom. The van der Waals surface area contributed by atoms with Crippen molar-refractivity contribution in [1.82, 2.24) is 14.9 Å². The molecule has 1 saturated heterocycles. The van der Waals surface area contributed by atoms with Crippen LogP contribution in [0.4, 0.5) is 23.3 Å². The van der Waals surface area contributed by atoms with Crippen LogP contribution in [-0.2, 0) is 32.5 Å². The highest BCUT2D eigenvalue weighted by Crippen LogP contribution is 2.33. The average Bonchev–Trinajstić information content (AvgIpc) is 3.30. The zero-order valence-corrected chi connectivity index (χ0v) is 21.9. The molecule has 1 aromatic heterocycles. The summed E-state index contributed by atoms with van der Waals surface area (Å²) in [6, 6.07) is 7.79. The molecule has 2 aromatic rings. The molecule has 14 heteroatoms.